The SMILES string of the molecule is CC.Cc1onc2ccc(CO)cc12. The molecule has 0 fully saturated rings. The Labute approximate surface area is 83.3 Å². The number of nitrogens with zero attached hydrogens (tertiary/aromatic N) is 1. The van der Waals surface area contributed by atoms with Gasteiger partial charge in [0.2, 0.25) is 0 Å². The van der Waals surface area contributed by atoms with Crippen molar-refractivity contribution in [1.82, 2.24) is 5.16 Å². The first kappa shape index (κ1) is 10.7. The topological polar surface area (TPSA) is 46.3 Å². The van der Waals surface area contributed by atoms with E-state index in [1.165, 1.54) is 0 Å². The lowest BCUT2D eigenvalue weighted by Crippen LogP contribution is -1.81. The number of hydrogen-bond donors (Lipinski definition) is 1. The van der Waals surface area contributed by atoms with Crippen molar-refractivity contribution in [2.45, 2.75) is 27.4 Å². The van der Waals surface area contributed by atoms with Gasteiger partial charge in [-0.1, -0.05) is 25.1 Å². The lowest BCUT2D eigenvalue weighted by atomic mass is 10.1. The largest absolute Gasteiger partial charge is 0.392 e. The fourth-order valence-electron chi connectivity index (χ4n) is 1.21. The molecule has 76 valence electrons. The fourth-order valence-corrected chi connectivity index (χ4v) is 1.21. The van der Waals surface area contributed by atoms with Crippen molar-refractivity contribution in [3.05, 3.63) is 29.5 Å². The van der Waals surface area contributed by atoms with Crippen molar-refractivity contribution < 1.29 is 9.63 Å². The number of benzene rings is 1. The maximum atomic E-state index is 8.87. The number of hydrogen-bond acceptors (Lipinski definition) is 3. The Balaban J connectivity index is 0.000000461. The van der Waals surface area contributed by atoms with Crippen molar-refractivity contribution >= 4 is 10.9 Å². The van der Waals surface area contributed by atoms with Crippen LogP contribution in [0.1, 0.15) is 25.2 Å². The monoisotopic (exact) mass is 193 g/mol. The van der Waals surface area contributed by atoms with E-state index < -0.39 is 0 Å². The molecule has 14 heavy (non-hydrogen) atoms. The molecule has 0 aliphatic carbocycles. The number of rotatable bonds is 1. The van der Waals surface area contributed by atoms with Gasteiger partial charge < -0.3 is 9.63 Å². The number of fused-ring (bicyclic) bond motifs is 1. The van der Waals surface area contributed by atoms with Crippen LogP contribution in [-0.4, -0.2) is 10.3 Å². The van der Waals surface area contributed by atoms with Gasteiger partial charge in [-0.3, -0.25) is 0 Å². The molecule has 0 saturated heterocycles. The summed E-state index contributed by atoms with van der Waals surface area (Å²) in [5, 5.41) is 13.7. The second-order valence-corrected chi connectivity index (χ2v) is 2.75. The molecule has 0 radical (unpaired) electrons. The molecule has 1 aromatic heterocycles. The molecular formula is C11H15NO2. The Bertz CT molecular complexity index is 407. The van der Waals surface area contributed by atoms with Gasteiger partial charge in [-0.05, 0) is 24.6 Å². The van der Waals surface area contributed by atoms with Crippen molar-refractivity contribution in [3.8, 4) is 0 Å². The summed E-state index contributed by atoms with van der Waals surface area (Å²) in [5.74, 6) is 0.792. The molecule has 0 atom stereocenters. The minimum Gasteiger partial charge on any atom is -0.392 e. The lowest BCUT2D eigenvalue weighted by molar-refractivity contribution is 0.282. The smallest absolute Gasteiger partial charge is 0.141 e. The molecule has 2 aromatic rings. The molecule has 1 N–H and O–H groups in total. The van der Waals surface area contributed by atoms with Gasteiger partial charge in [0.25, 0.3) is 0 Å². The highest BCUT2D eigenvalue weighted by atomic mass is 16.5. The van der Waals surface area contributed by atoms with Crippen molar-refractivity contribution in [2.75, 3.05) is 0 Å². The Kier molecular flexibility index (Phi) is 3.65. The lowest BCUT2D eigenvalue weighted by Gasteiger charge is -1.93. The molecule has 0 spiro atoms. The van der Waals surface area contributed by atoms with Crippen LogP contribution < -0.4 is 0 Å². The summed E-state index contributed by atoms with van der Waals surface area (Å²) in [7, 11) is 0. The first-order chi connectivity index (χ1) is 6.81. The molecule has 3 nitrogen and oxygen atoms in total. The molecule has 1 heterocycles. The van der Waals surface area contributed by atoms with Crippen molar-refractivity contribution in [2.24, 2.45) is 0 Å². The summed E-state index contributed by atoms with van der Waals surface area (Å²) in [6.45, 7) is 5.91. The van der Waals surface area contributed by atoms with E-state index in [0.717, 1.165) is 22.2 Å². The predicted molar refractivity (Wildman–Crippen MR) is 56.0 cm³/mol. The second-order valence-electron chi connectivity index (χ2n) is 2.75. The molecule has 0 aliphatic rings. The first-order valence-corrected chi connectivity index (χ1v) is 4.77. The van der Waals surface area contributed by atoms with Crippen LogP contribution in [0.25, 0.3) is 10.9 Å². The number of aromatic nitrogens is 1. The summed E-state index contributed by atoms with van der Waals surface area (Å²) in [4.78, 5) is 0. The van der Waals surface area contributed by atoms with Crippen LogP contribution in [0.5, 0.6) is 0 Å². The minimum absolute atomic E-state index is 0.0561. The number of aryl methyl sites for hydroxylation is 1. The highest BCUT2D eigenvalue weighted by Gasteiger charge is 2.03. The Morgan fingerprint density at radius 1 is 1.36 bits per heavy atom. The first-order valence-electron chi connectivity index (χ1n) is 4.77. The highest BCUT2D eigenvalue weighted by Crippen LogP contribution is 2.18. The van der Waals surface area contributed by atoms with Gasteiger partial charge in [0, 0.05) is 5.39 Å². The quantitative estimate of drug-likeness (QED) is 0.757. The van der Waals surface area contributed by atoms with E-state index >= 15 is 0 Å². The van der Waals surface area contributed by atoms with Crippen LogP contribution in [0.3, 0.4) is 0 Å². The van der Waals surface area contributed by atoms with Crippen LogP contribution in [0, 0.1) is 6.92 Å². The molecule has 2 rings (SSSR count). The predicted octanol–water partition coefficient (Wildman–Crippen LogP) is 2.65. The average Bonchev–Trinajstić information content (AvgIpc) is 2.63. The summed E-state index contributed by atoms with van der Waals surface area (Å²) in [6, 6.07) is 5.57. The van der Waals surface area contributed by atoms with Gasteiger partial charge in [0.15, 0.2) is 0 Å². The van der Waals surface area contributed by atoms with Crippen LogP contribution in [0.2, 0.25) is 0 Å². The van der Waals surface area contributed by atoms with Crippen LogP contribution in [0.4, 0.5) is 0 Å². The van der Waals surface area contributed by atoms with E-state index in [-0.39, 0.29) is 6.61 Å². The number of aliphatic hydroxyl groups is 1. The zero-order valence-corrected chi connectivity index (χ0v) is 8.74. The normalized spacial score (nSPS) is 9.71. The molecule has 0 aliphatic heterocycles. The maximum absolute atomic E-state index is 8.87. The molecule has 0 amide bonds. The fraction of sp³-hybridized carbons (Fsp3) is 0.364. The van der Waals surface area contributed by atoms with Gasteiger partial charge in [0.1, 0.15) is 11.3 Å². The Morgan fingerprint density at radius 3 is 2.71 bits per heavy atom. The standard InChI is InChI=1S/C9H9NO2.C2H6/c1-6-8-4-7(5-11)2-3-9(8)10-12-6;1-2/h2-4,11H,5H2,1H3;1-2H3. The summed E-state index contributed by atoms with van der Waals surface area (Å²) >= 11 is 0. The third-order valence-corrected chi connectivity index (χ3v) is 1.90. The highest BCUT2D eigenvalue weighted by molar-refractivity contribution is 5.80. The summed E-state index contributed by atoms with van der Waals surface area (Å²) in [6.07, 6.45) is 0. The van der Waals surface area contributed by atoms with Gasteiger partial charge >= 0.3 is 0 Å². The van der Waals surface area contributed by atoms with E-state index in [1.54, 1.807) is 0 Å². The van der Waals surface area contributed by atoms with E-state index in [9.17, 15) is 0 Å². The Hall–Kier alpha value is -1.35. The van der Waals surface area contributed by atoms with Crippen molar-refractivity contribution in [3.63, 3.8) is 0 Å². The van der Waals surface area contributed by atoms with Gasteiger partial charge in [-0.2, -0.15) is 0 Å². The summed E-state index contributed by atoms with van der Waals surface area (Å²) < 4.78 is 4.98. The van der Waals surface area contributed by atoms with Crippen molar-refractivity contribution in [1.29, 1.82) is 0 Å². The van der Waals surface area contributed by atoms with Gasteiger partial charge in [-0.15, -0.1) is 0 Å². The van der Waals surface area contributed by atoms with E-state index in [2.05, 4.69) is 5.16 Å². The molecule has 0 bridgehead atoms. The van der Waals surface area contributed by atoms with Crippen LogP contribution >= 0.6 is 0 Å². The van der Waals surface area contributed by atoms with Gasteiger partial charge in [-0.25, -0.2) is 0 Å². The van der Waals surface area contributed by atoms with E-state index in [1.807, 2.05) is 39.0 Å². The van der Waals surface area contributed by atoms with Gasteiger partial charge in [0.05, 0.1) is 6.61 Å². The molecule has 1 aromatic carbocycles. The molecule has 0 unspecified atom stereocenters. The third-order valence-electron chi connectivity index (χ3n) is 1.90. The zero-order valence-electron chi connectivity index (χ0n) is 8.74. The number of aliphatic hydroxyl groups excluding tert-OH is 1. The average molecular weight is 193 g/mol. The third kappa shape index (κ3) is 1.93. The summed E-state index contributed by atoms with van der Waals surface area (Å²) in [5.41, 5.74) is 1.72. The minimum atomic E-state index is 0.0561. The Morgan fingerprint density at radius 2 is 2.07 bits per heavy atom. The van der Waals surface area contributed by atoms with E-state index in [4.69, 9.17) is 9.63 Å². The van der Waals surface area contributed by atoms with Crippen LogP contribution in [0.15, 0.2) is 22.7 Å². The van der Waals surface area contributed by atoms with E-state index in [0.29, 0.717) is 0 Å². The van der Waals surface area contributed by atoms with Crippen LogP contribution in [-0.2, 0) is 6.61 Å². The molecule has 3 heteroatoms. The molecule has 0 saturated carbocycles. The molecular weight excluding hydrogens is 178 g/mol. The second kappa shape index (κ2) is 4.77. The maximum Gasteiger partial charge on any atom is 0.141 e. The zero-order chi connectivity index (χ0) is 10.6.